The van der Waals surface area contributed by atoms with Gasteiger partial charge in [-0.25, -0.2) is 14.6 Å². The van der Waals surface area contributed by atoms with Gasteiger partial charge in [0.25, 0.3) is 0 Å². The van der Waals surface area contributed by atoms with Gasteiger partial charge < -0.3 is 5.73 Å². The zero-order chi connectivity index (χ0) is 13.1. The van der Waals surface area contributed by atoms with Crippen LogP contribution in [0.1, 0.15) is 5.56 Å². The van der Waals surface area contributed by atoms with Crippen molar-refractivity contribution in [1.82, 2.24) is 19.7 Å². The average molecular weight is 251 g/mol. The zero-order valence-corrected chi connectivity index (χ0v) is 10.3. The Bertz CT molecular complexity index is 658. The first kappa shape index (κ1) is 11.6. The summed E-state index contributed by atoms with van der Waals surface area (Å²) in [5.74, 6) is 0.541. The average Bonchev–Trinajstić information content (AvgIpc) is 2.98. The molecule has 0 aliphatic rings. The van der Waals surface area contributed by atoms with Gasteiger partial charge in [-0.05, 0) is 5.56 Å². The van der Waals surface area contributed by atoms with Gasteiger partial charge >= 0.3 is 0 Å². The van der Waals surface area contributed by atoms with Gasteiger partial charge in [-0.3, -0.25) is 0 Å². The number of nitrogens with two attached hydrogens (primary N) is 1. The highest BCUT2D eigenvalue weighted by Crippen LogP contribution is 2.18. The van der Waals surface area contributed by atoms with Crippen LogP contribution in [-0.2, 0) is 6.54 Å². The molecule has 0 aliphatic heterocycles. The third kappa shape index (κ3) is 2.36. The first-order valence-electron chi connectivity index (χ1n) is 5.98. The van der Waals surface area contributed by atoms with Gasteiger partial charge in [-0.15, -0.1) is 0 Å². The highest BCUT2D eigenvalue weighted by Gasteiger charge is 2.04. The summed E-state index contributed by atoms with van der Waals surface area (Å²) < 4.78 is 1.66. The second-order valence-corrected chi connectivity index (χ2v) is 4.14. The fourth-order valence-electron chi connectivity index (χ4n) is 1.78. The largest absolute Gasteiger partial charge is 0.326 e. The Balaban J connectivity index is 1.92. The van der Waals surface area contributed by atoms with Crippen LogP contribution in [0.5, 0.6) is 0 Å². The molecule has 19 heavy (non-hydrogen) atoms. The molecular formula is C14H13N5. The van der Waals surface area contributed by atoms with E-state index < -0.39 is 0 Å². The molecule has 0 amide bonds. The van der Waals surface area contributed by atoms with Crippen LogP contribution in [0.3, 0.4) is 0 Å². The Morgan fingerprint density at radius 3 is 2.37 bits per heavy atom. The smallest absolute Gasteiger partial charge is 0.250 e. The molecule has 3 rings (SSSR count). The van der Waals surface area contributed by atoms with Crippen molar-refractivity contribution in [2.24, 2.45) is 5.73 Å². The van der Waals surface area contributed by atoms with Crippen molar-refractivity contribution < 1.29 is 0 Å². The van der Waals surface area contributed by atoms with E-state index in [1.165, 1.54) is 0 Å². The molecule has 3 aromatic rings. The minimum atomic E-state index is 0.439. The van der Waals surface area contributed by atoms with Gasteiger partial charge in [-0.2, -0.15) is 5.10 Å². The minimum Gasteiger partial charge on any atom is -0.326 e. The molecule has 0 saturated heterocycles. The van der Waals surface area contributed by atoms with E-state index in [1.807, 2.05) is 36.5 Å². The topological polar surface area (TPSA) is 69.6 Å². The molecular weight excluding hydrogens is 238 g/mol. The third-order valence-electron chi connectivity index (χ3n) is 2.82. The maximum atomic E-state index is 5.52. The van der Waals surface area contributed by atoms with Crippen molar-refractivity contribution in [3.05, 3.63) is 60.7 Å². The first-order chi connectivity index (χ1) is 9.36. The van der Waals surface area contributed by atoms with Crippen molar-refractivity contribution in [3.63, 3.8) is 0 Å². The lowest BCUT2D eigenvalue weighted by atomic mass is 10.1. The number of benzene rings is 1. The summed E-state index contributed by atoms with van der Waals surface area (Å²) in [5, 5.41) is 4.28. The van der Waals surface area contributed by atoms with Crippen LogP contribution in [0.25, 0.3) is 17.1 Å². The van der Waals surface area contributed by atoms with E-state index in [2.05, 4.69) is 15.1 Å². The van der Waals surface area contributed by atoms with E-state index in [9.17, 15) is 0 Å². The summed E-state index contributed by atoms with van der Waals surface area (Å²) in [6, 6.07) is 10.1. The number of hydrogen-bond acceptors (Lipinski definition) is 4. The summed E-state index contributed by atoms with van der Waals surface area (Å²) in [7, 11) is 0. The Morgan fingerprint density at radius 1 is 0.947 bits per heavy atom. The molecule has 5 heteroatoms. The summed E-state index contributed by atoms with van der Waals surface area (Å²) in [6.07, 6.45) is 7.14. The van der Waals surface area contributed by atoms with E-state index >= 15 is 0 Å². The highest BCUT2D eigenvalue weighted by molar-refractivity contribution is 5.61. The number of aromatic nitrogens is 4. The lowest BCUT2D eigenvalue weighted by Crippen LogP contribution is -2.04. The fraction of sp³-hybridized carbons (Fsp3) is 0.0714. The standard InChI is InChI=1S/C14H13N5/c15-6-11-7-16-14(17-8-11)19-10-13(9-18-19)12-4-2-1-3-5-12/h1-5,7-10H,6,15H2. The van der Waals surface area contributed by atoms with Crippen LogP contribution < -0.4 is 5.73 Å². The van der Waals surface area contributed by atoms with Gasteiger partial charge in [0.1, 0.15) is 0 Å². The van der Waals surface area contributed by atoms with Crippen molar-refractivity contribution in [1.29, 1.82) is 0 Å². The summed E-state index contributed by atoms with van der Waals surface area (Å²) in [5.41, 5.74) is 8.57. The molecule has 2 heterocycles. The quantitative estimate of drug-likeness (QED) is 0.770. The number of nitrogens with zero attached hydrogens (tertiary/aromatic N) is 4. The molecule has 94 valence electrons. The van der Waals surface area contributed by atoms with Crippen LogP contribution >= 0.6 is 0 Å². The summed E-state index contributed by atoms with van der Waals surface area (Å²) in [6.45, 7) is 0.439. The zero-order valence-electron chi connectivity index (χ0n) is 10.3. The van der Waals surface area contributed by atoms with Crippen LogP contribution in [0.2, 0.25) is 0 Å². The van der Waals surface area contributed by atoms with E-state index in [-0.39, 0.29) is 0 Å². The van der Waals surface area contributed by atoms with Crippen molar-refractivity contribution >= 4 is 0 Å². The minimum absolute atomic E-state index is 0.439. The Kier molecular flexibility index (Phi) is 3.04. The van der Waals surface area contributed by atoms with Crippen LogP contribution in [0.4, 0.5) is 0 Å². The predicted molar refractivity (Wildman–Crippen MR) is 72.5 cm³/mol. The first-order valence-corrected chi connectivity index (χ1v) is 5.98. The summed E-state index contributed by atoms with van der Waals surface area (Å²) in [4.78, 5) is 8.47. The van der Waals surface area contributed by atoms with Crippen LogP contribution in [-0.4, -0.2) is 19.7 Å². The molecule has 0 spiro atoms. The molecule has 0 atom stereocenters. The van der Waals surface area contributed by atoms with Crippen LogP contribution in [0.15, 0.2) is 55.1 Å². The maximum absolute atomic E-state index is 5.52. The lowest BCUT2D eigenvalue weighted by molar-refractivity contribution is 0.801. The molecule has 0 saturated carbocycles. The lowest BCUT2D eigenvalue weighted by Gasteiger charge is -2.00. The molecule has 0 radical (unpaired) electrons. The van der Waals surface area contributed by atoms with E-state index in [1.54, 1.807) is 23.3 Å². The summed E-state index contributed by atoms with van der Waals surface area (Å²) >= 11 is 0. The van der Waals surface area contributed by atoms with Crippen molar-refractivity contribution in [2.45, 2.75) is 6.54 Å². The van der Waals surface area contributed by atoms with E-state index in [0.29, 0.717) is 12.5 Å². The second-order valence-electron chi connectivity index (χ2n) is 4.14. The predicted octanol–water partition coefficient (Wildman–Crippen LogP) is 1.79. The molecule has 0 fully saturated rings. The van der Waals surface area contributed by atoms with Crippen molar-refractivity contribution in [2.75, 3.05) is 0 Å². The molecule has 0 bridgehead atoms. The molecule has 0 aliphatic carbocycles. The Labute approximate surface area is 110 Å². The number of rotatable bonds is 3. The molecule has 5 nitrogen and oxygen atoms in total. The van der Waals surface area contributed by atoms with Crippen LogP contribution in [0, 0.1) is 0 Å². The SMILES string of the molecule is NCc1cnc(-n2cc(-c3ccccc3)cn2)nc1. The van der Waals surface area contributed by atoms with Gasteiger partial charge in [0.05, 0.1) is 6.20 Å². The molecule has 1 aromatic carbocycles. The molecule has 2 aromatic heterocycles. The molecule has 2 N–H and O–H groups in total. The monoisotopic (exact) mass is 251 g/mol. The number of hydrogen-bond donors (Lipinski definition) is 1. The second kappa shape index (κ2) is 4.99. The van der Waals surface area contributed by atoms with E-state index in [4.69, 9.17) is 5.73 Å². The molecule has 0 unspecified atom stereocenters. The third-order valence-corrected chi connectivity index (χ3v) is 2.82. The van der Waals surface area contributed by atoms with Gasteiger partial charge in [-0.1, -0.05) is 30.3 Å². The van der Waals surface area contributed by atoms with E-state index in [0.717, 1.165) is 16.7 Å². The Morgan fingerprint density at radius 2 is 1.68 bits per heavy atom. The van der Waals surface area contributed by atoms with Crippen molar-refractivity contribution in [3.8, 4) is 17.1 Å². The van der Waals surface area contributed by atoms with Gasteiger partial charge in [0, 0.05) is 36.3 Å². The Hall–Kier alpha value is -2.53. The van der Waals surface area contributed by atoms with Gasteiger partial charge in [0.2, 0.25) is 5.95 Å². The van der Waals surface area contributed by atoms with Gasteiger partial charge in [0.15, 0.2) is 0 Å². The normalized spacial score (nSPS) is 10.6. The fourth-order valence-corrected chi connectivity index (χ4v) is 1.78. The highest BCUT2D eigenvalue weighted by atomic mass is 15.3. The maximum Gasteiger partial charge on any atom is 0.250 e.